The number of aromatic nitrogens is 3. The van der Waals surface area contributed by atoms with E-state index in [0.29, 0.717) is 25.6 Å². The number of hydrogen-bond acceptors (Lipinski definition) is 4. The molecule has 1 aliphatic heterocycles. The summed E-state index contributed by atoms with van der Waals surface area (Å²) in [5.74, 6) is 0.612. The summed E-state index contributed by atoms with van der Waals surface area (Å²) < 4.78 is 7.19. The van der Waals surface area contributed by atoms with Gasteiger partial charge in [-0.1, -0.05) is 35.5 Å². The molecular weight excluding hydrogens is 280 g/mol. The number of ether oxygens (including phenoxy) is 1. The number of nitrogens with zero attached hydrogens (tertiary/aromatic N) is 4. The van der Waals surface area contributed by atoms with Gasteiger partial charge in [0.2, 0.25) is 0 Å². The molecule has 0 unspecified atom stereocenters. The molecule has 2 aliphatic rings. The van der Waals surface area contributed by atoms with Gasteiger partial charge in [0, 0.05) is 25.2 Å². The molecule has 2 heterocycles. The van der Waals surface area contributed by atoms with Crippen LogP contribution in [0.5, 0.6) is 0 Å². The Morgan fingerprint density at radius 1 is 1.23 bits per heavy atom. The van der Waals surface area contributed by atoms with Gasteiger partial charge in [-0.05, 0) is 18.4 Å². The summed E-state index contributed by atoms with van der Waals surface area (Å²) in [7, 11) is 0. The van der Waals surface area contributed by atoms with Gasteiger partial charge in [-0.3, -0.25) is 0 Å². The molecule has 2 fully saturated rings. The van der Waals surface area contributed by atoms with Crippen molar-refractivity contribution >= 4 is 6.09 Å². The van der Waals surface area contributed by atoms with Gasteiger partial charge in [0.15, 0.2) is 0 Å². The molecule has 4 rings (SSSR count). The lowest BCUT2D eigenvalue weighted by molar-refractivity contribution is 0.0492. The van der Waals surface area contributed by atoms with E-state index in [9.17, 15) is 4.79 Å². The number of benzene rings is 1. The minimum absolute atomic E-state index is 0.226. The normalized spacial score (nSPS) is 18.1. The van der Waals surface area contributed by atoms with Gasteiger partial charge in [-0.2, -0.15) is 0 Å². The molecule has 1 amide bonds. The van der Waals surface area contributed by atoms with Gasteiger partial charge < -0.3 is 9.64 Å². The van der Waals surface area contributed by atoms with E-state index in [2.05, 4.69) is 10.3 Å². The van der Waals surface area contributed by atoms with Crippen molar-refractivity contribution in [3.05, 3.63) is 47.8 Å². The highest BCUT2D eigenvalue weighted by atomic mass is 16.6. The van der Waals surface area contributed by atoms with Crippen molar-refractivity contribution < 1.29 is 9.53 Å². The van der Waals surface area contributed by atoms with Crippen LogP contribution < -0.4 is 0 Å². The first-order valence-corrected chi connectivity index (χ1v) is 7.67. The lowest BCUT2D eigenvalue weighted by Gasteiger charge is -2.37. The van der Waals surface area contributed by atoms with Crippen LogP contribution in [0.15, 0.2) is 36.5 Å². The number of carbonyl (C=O) groups is 1. The summed E-state index contributed by atoms with van der Waals surface area (Å²) in [6.45, 7) is 1.60. The first kappa shape index (κ1) is 13.3. The molecule has 114 valence electrons. The van der Waals surface area contributed by atoms with Crippen molar-refractivity contribution in [2.45, 2.75) is 31.4 Å². The molecule has 6 nitrogen and oxygen atoms in total. The van der Waals surface area contributed by atoms with Gasteiger partial charge in [-0.25, -0.2) is 9.48 Å². The van der Waals surface area contributed by atoms with Crippen molar-refractivity contribution in [3.8, 4) is 0 Å². The average Bonchev–Trinajstić information content (AvgIpc) is 3.24. The van der Waals surface area contributed by atoms with Crippen molar-refractivity contribution in [1.29, 1.82) is 0 Å². The molecule has 1 aromatic carbocycles. The predicted octanol–water partition coefficient (Wildman–Crippen LogP) is 2.35. The third kappa shape index (κ3) is 2.68. The van der Waals surface area contributed by atoms with Crippen molar-refractivity contribution in [2.75, 3.05) is 13.1 Å². The summed E-state index contributed by atoms with van der Waals surface area (Å²) in [4.78, 5) is 13.7. The second-order valence-corrected chi connectivity index (χ2v) is 6.00. The Hall–Kier alpha value is -2.37. The van der Waals surface area contributed by atoms with Crippen molar-refractivity contribution in [2.24, 2.45) is 0 Å². The Kier molecular flexibility index (Phi) is 3.29. The maximum absolute atomic E-state index is 12.0. The van der Waals surface area contributed by atoms with E-state index in [4.69, 9.17) is 4.74 Å². The van der Waals surface area contributed by atoms with Crippen LogP contribution in [-0.2, 0) is 11.3 Å². The van der Waals surface area contributed by atoms with E-state index in [1.807, 2.05) is 41.2 Å². The molecule has 2 aromatic rings. The maximum atomic E-state index is 12.0. The van der Waals surface area contributed by atoms with Crippen molar-refractivity contribution in [1.82, 2.24) is 19.9 Å². The fourth-order valence-electron chi connectivity index (χ4n) is 2.62. The molecule has 1 aromatic heterocycles. The van der Waals surface area contributed by atoms with Crippen LogP contribution in [0, 0.1) is 0 Å². The molecule has 22 heavy (non-hydrogen) atoms. The molecule has 1 saturated carbocycles. The van der Waals surface area contributed by atoms with E-state index in [-0.39, 0.29) is 12.1 Å². The Balaban J connectivity index is 1.26. The van der Waals surface area contributed by atoms with Crippen LogP contribution in [0.1, 0.15) is 36.1 Å². The highest BCUT2D eigenvalue weighted by Crippen LogP contribution is 2.39. The number of amides is 1. The van der Waals surface area contributed by atoms with E-state index in [0.717, 1.165) is 11.3 Å². The van der Waals surface area contributed by atoms with E-state index >= 15 is 0 Å². The largest absolute Gasteiger partial charge is 0.445 e. The Morgan fingerprint density at radius 2 is 2.00 bits per heavy atom. The second kappa shape index (κ2) is 5.44. The summed E-state index contributed by atoms with van der Waals surface area (Å²) >= 11 is 0. The van der Waals surface area contributed by atoms with Crippen LogP contribution in [0.3, 0.4) is 0 Å². The molecule has 6 heteroatoms. The minimum atomic E-state index is -0.261. The number of likely N-dealkylation sites (tertiary alicyclic amines) is 1. The topological polar surface area (TPSA) is 60.2 Å². The van der Waals surface area contributed by atoms with Crippen LogP contribution in [0.25, 0.3) is 0 Å². The zero-order chi connectivity index (χ0) is 14.9. The molecule has 1 aliphatic carbocycles. The number of hydrogen-bond donors (Lipinski definition) is 0. The van der Waals surface area contributed by atoms with Crippen LogP contribution in [-0.4, -0.2) is 39.1 Å². The molecule has 0 spiro atoms. The van der Waals surface area contributed by atoms with Crippen molar-refractivity contribution in [3.63, 3.8) is 0 Å². The summed E-state index contributed by atoms with van der Waals surface area (Å²) in [6.07, 6.45) is 4.21. The van der Waals surface area contributed by atoms with Gasteiger partial charge >= 0.3 is 6.09 Å². The van der Waals surface area contributed by atoms with Crippen LogP contribution in [0.4, 0.5) is 4.79 Å². The molecule has 0 radical (unpaired) electrons. The highest BCUT2D eigenvalue weighted by molar-refractivity contribution is 5.68. The number of carbonyl (C=O) groups excluding carboxylic acids is 1. The van der Waals surface area contributed by atoms with Gasteiger partial charge in [-0.15, -0.1) is 5.10 Å². The van der Waals surface area contributed by atoms with E-state index in [1.165, 1.54) is 12.8 Å². The first-order valence-electron chi connectivity index (χ1n) is 7.67. The summed E-state index contributed by atoms with van der Waals surface area (Å²) in [5, 5.41) is 8.38. The molecule has 0 bridgehead atoms. The zero-order valence-corrected chi connectivity index (χ0v) is 12.3. The summed E-state index contributed by atoms with van der Waals surface area (Å²) in [6, 6.07) is 9.93. The zero-order valence-electron chi connectivity index (χ0n) is 12.3. The summed E-state index contributed by atoms with van der Waals surface area (Å²) in [5.41, 5.74) is 2.09. The SMILES string of the molecule is O=C(OCc1ccccc1)N1CC(n2cc(C3CC3)nn2)C1. The fraction of sp³-hybridized carbons (Fsp3) is 0.438. The van der Waals surface area contributed by atoms with Crippen LogP contribution >= 0.6 is 0 Å². The Labute approximate surface area is 128 Å². The Bertz CT molecular complexity index is 660. The average molecular weight is 298 g/mol. The fourth-order valence-corrected chi connectivity index (χ4v) is 2.62. The van der Waals surface area contributed by atoms with Gasteiger partial charge in [0.05, 0.1) is 11.7 Å². The lowest BCUT2D eigenvalue weighted by Crippen LogP contribution is -2.51. The third-order valence-corrected chi connectivity index (χ3v) is 4.22. The first-order chi connectivity index (χ1) is 10.8. The smallest absolute Gasteiger partial charge is 0.410 e. The van der Waals surface area contributed by atoms with Crippen LogP contribution in [0.2, 0.25) is 0 Å². The minimum Gasteiger partial charge on any atom is -0.445 e. The monoisotopic (exact) mass is 298 g/mol. The lowest BCUT2D eigenvalue weighted by atomic mass is 10.1. The molecule has 0 atom stereocenters. The van der Waals surface area contributed by atoms with E-state index in [1.54, 1.807) is 4.90 Å². The second-order valence-electron chi connectivity index (χ2n) is 6.00. The maximum Gasteiger partial charge on any atom is 0.410 e. The van der Waals surface area contributed by atoms with Gasteiger partial charge in [0.1, 0.15) is 6.61 Å². The Morgan fingerprint density at radius 3 is 2.73 bits per heavy atom. The molecule has 1 saturated heterocycles. The predicted molar refractivity (Wildman–Crippen MR) is 79.2 cm³/mol. The molecular formula is C16H18N4O2. The molecule has 0 N–H and O–H groups in total. The standard InChI is InChI=1S/C16H18N4O2/c21-16(22-11-12-4-2-1-3-5-12)19-8-14(9-19)20-10-15(17-18-20)13-6-7-13/h1-5,10,13-14H,6-9,11H2. The number of rotatable bonds is 4. The van der Waals surface area contributed by atoms with Gasteiger partial charge in [0.25, 0.3) is 0 Å². The highest BCUT2D eigenvalue weighted by Gasteiger charge is 2.35. The third-order valence-electron chi connectivity index (χ3n) is 4.22. The van der Waals surface area contributed by atoms with E-state index < -0.39 is 0 Å². The quantitative estimate of drug-likeness (QED) is 0.869.